The van der Waals surface area contributed by atoms with Crippen molar-refractivity contribution in [2.75, 3.05) is 6.54 Å². The summed E-state index contributed by atoms with van der Waals surface area (Å²) in [7, 11) is 1.96. The molecule has 2 unspecified atom stereocenters. The molecular formula is C14H26N4. The molecule has 0 aromatic carbocycles. The maximum absolute atomic E-state index is 4.38. The summed E-state index contributed by atoms with van der Waals surface area (Å²) in [6.45, 7) is 4.34. The third kappa shape index (κ3) is 4.42. The van der Waals surface area contributed by atoms with Crippen LogP contribution in [0.15, 0.2) is 12.3 Å². The summed E-state index contributed by atoms with van der Waals surface area (Å²) >= 11 is 0. The van der Waals surface area contributed by atoms with Gasteiger partial charge in [-0.15, -0.1) is 0 Å². The van der Waals surface area contributed by atoms with Crippen LogP contribution in [0, 0.1) is 0 Å². The molecule has 2 heterocycles. The molecule has 0 aliphatic carbocycles. The Labute approximate surface area is 110 Å². The van der Waals surface area contributed by atoms with Gasteiger partial charge in [0.05, 0.1) is 5.69 Å². The monoisotopic (exact) mass is 250 g/mol. The molecule has 0 radical (unpaired) electrons. The van der Waals surface area contributed by atoms with Crippen LogP contribution in [0.5, 0.6) is 0 Å². The smallest absolute Gasteiger partial charge is 0.0762 e. The van der Waals surface area contributed by atoms with Gasteiger partial charge in [0.1, 0.15) is 0 Å². The van der Waals surface area contributed by atoms with Crippen LogP contribution < -0.4 is 10.6 Å². The normalized spacial score (nSPS) is 22.7. The lowest BCUT2D eigenvalue weighted by atomic mass is 10.0. The zero-order valence-electron chi connectivity index (χ0n) is 11.7. The molecule has 1 fully saturated rings. The Morgan fingerprint density at radius 2 is 2.39 bits per heavy atom. The van der Waals surface area contributed by atoms with Gasteiger partial charge in [-0.05, 0) is 38.8 Å². The summed E-state index contributed by atoms with van der Waals surface area (Å²) in [5.41, 5.74) is 1.12. The number of hydrogen-bond donors (Lipinski definition) is 2. The van der Waals surface area contributed by atoms with E-state index in [2.05, 4.69) is 28.7 Å². The van der Waals surface area contributed by atoms with E-state index in [9.17, 15) is 0 Å². The van der Waals surface area contributed by atoms with E-state index in [1.807, 2.05) is 17.9 Å². The number of hydrogen-bond acceptors (Lipinski definition) is 3. The fourth-order valence-corrected chi connectivity index (χ4v) is 2.65. The van der Waals surface area contributed by atoms with Gasteiger partial charge >= 0.3 is 0 Å². The van der Waals surface area contributed by atoms with Gasteiger partial charge in [-0.25, -0.2) is 0 Å². The van der Waals surface area contributed by atoms with E-state index in [1.54, 1.807) is 0 Å². The molecule has 2 rings (SSSR count). The molecule has 102 valence electrons. The van der Waals surface area contributed by atoms with Crippen LogP contribution in [0.1, 0.15) is 44.7 Å². The van der Waals surface area contributed by atoms with Crippen molar-refractivity contribution in [3.05, 3.63) is 18.0 Å². The molecule has 0 bridgehead atoms. The van der Waals surface area contributed by atoms with E-state index in [0.717, 1.165) is 12.2 Å². The van der Waals surface area contributed by atoms with Gasteiger partial charge in [0.25, 0.3) is 0 Å². The van der Waals surface area contributed by atoms with E-state index < -0.39 is 0 Å². The second-order valence-electron chi connectivity index (χ2n) is 5.50. The summed E-state index contributed by atoms with van der Waals surface area (Å²) in [4.78, 5) is 0. The first-order chi connectivity index (χ1) is 8.74. The summed E-state index contributed by atoms with van der Waals surface area (Å²) in [5.74, 6) is 0. The average Bonchev–Trinajstić information content (AvgIpc) is 2.60. The number of nitrogens with zero attached hydrogens (tertiary/aromatic N) is 2. The van der Waals surface area contributed by atoms with Crippen molar-refractivity contribution < 1.29 is 0 Å². The molecule has 0 amide bonds. The van der Waals surface area contributed by atoms with Gasteiger partial charge in [-0.2, -0.15) is 5.10 Å². The van der Waals surface area contributed by atoms with Crippen LogP contribution in [0.4, 0.5) is 0 Å². The molecule has 4 nitrogen and oxygen atoms in total. The molecule has 1 aliphatic heterocycles. The van der Waals surface area contributed by atoms with Crippen LogP contribution in [0.25, 0.3) is 0 Å². The predicted molar refractivity (Wildman–Crippen MR) is 74.4 cm³/mol. The van der Waals surface area contributed by atoms with Crippen LogP contribution in [-0.4, -0.2) is 28.4 Å². The zero-order chi connectivity index (χ0) is 12.8. The third-order valence-electron chi connectivity index (χ3n) is 3.70. The molecule has 1 saturated heterocycles. The Hall–Kier alpha value is -0.870. The van der Waals surface area contributed by atoms with E-state index >= 15 is 0 Å². The van der Waals surface area contributed by atoms with E-state index in [4.69, 9.17) is 0 Å². The van der Waals surface area contributed by atoms with Crippen LogP contribution in [-0.2, 0) is 13.6 Å². The highest BCUT2D eigenvalue weighted by Gasteiger charge is 2.14. The van der Waals surface area contributed by atoms with Gasteiger partial charge in [-0.3, -0.25) is 4.68 Å². The van der Waals surface area contributed by atoms with Gasteiger partial charge in [0, 0.05) is 31.9 Å². The zero-order valence-corrected chi connectivity index (χ0v) is 11.7. The highest BCUT2D eigenvalue weighted by molar-refractivity contribution is 4.98. The van der Waals surface area contributed by atoms with Crippen molar-refractivity contribution in [1.82, 2.24) is 20.4 Å². The van der Waals surface area contributed by atoms with Gasteiger partial charge in [0.15, 0.2) is 0 Å². The third-order valence-corrected chi connectivity index (χ3v) is 3.70. The molecule has 2 atom stereocenters. The van der Waals surface area contributed by atoms with Gasteiger partial charge < -0.3 is 10.6 Å². The van der Waals surface area contributed by atoms with Crippen molar-refractivity contribution in [3.8, 4) is 0 Å². The van der Waals surface area contributed by atoms with E-state index in [1.165, 1.54) is 38.6 Å². The first-order valence-electron chi connectivity index (χ1n) is 7.19. The maximum atomic E-state index is 4.38. The lowest BCUT2D eigenvalue weighted by molar-refractivity contribution is 0.401. The Balaban J connectivity index is 1.69. The van der Waals surface area contributed by atoms with E-state index in [0.29, 0.717) is 12.1 Å². The van der Waals surface area contributed by atoms with Crippen LogP contribution in [0.3, 0.4) is 0 Å². The lowest BCUT2D eigenvalue weighted by Gasteiger charge is -2.21. The Morgan fingerprint density at radius 3 is 3.17 bits per heavy atom. The first kappa shape index (κ1) is 13.6. The topological polar surface area (TPSA) is 41.9 Å². The van der Waals surface area contributed by atoms with E-state index in [-0.39, 0.29) is 0 Å². The van der Waals surface area contributed by atoms with Crippen molar-refractivity contribution in [2.24, 2.45) is 7.05 Å². The molecule has 1 aromatic rings. The minimum Gasteiger partial charge on any atom is -0.314 e. The Kier molecular flexibility index (Phi) is 5.20. The first-order valence-corrected chi connectivity index (χ1v) is 7.19. The quantitative estimate of drug-likeness (QED) is 0.837. The standard InChI is InChI=1S/C14H26N4/c1-12(10-13-6-4-3-5-8-15-13)16-11-14-7-9-18(2)17-14/h7,9,12-13,15-16H,3-6,8,10-11H2,1-2H3. The molecule has 0 spiro atoms. The summed E-state index contributed by atoms with van der Waals surface area (Å²) in [6, 6.07) is 3.31. The summed E-state index contributed by atoms with van der Waals surface area (Å²) < 4.78 is 1.86. The largest absolute Gasteiger partial charge is 0.314 e. The molecule has 18 heavy (non-hydrogen) atoms. The summed E-state index contributed by atoms with van der Waals surface area (Å²) in [6.07, 6.45) is 8.65. The lowest BCUT2D eigenvalue weighted by Crippen LogP contribution is -2.36. The number of aryl methyl sites for hydroxylation is 1. The molecule has 1 aliphatic rings. The van der Waals surface area contributed by atoms with Crippen molar-refractivity contribution in [1.29, 1.82) is 0 Å². The van der Waals surface area contributed by atoms with Crippen molar-refractivity contribution in [3.63, 3.8) is 0 Å². The Bertz CT molecular complexity index is 339. The average molecular weight is 250 g/mol. The second-order valence-corrected chi connectivity index (χ2v) is 5.50. The SMILES string of the molecule is CC(CC1CCCCCN1)NCc1ccn(C)n1. The number of rotatable bonds is 5. The number of aromatic nitrogens is 2. The maximum Gasteiger partial charge on any atom is 0.0762 e. The van der Waals surface area contributed by atoms with Crippen LogP contribution in [0.2, 0.25) is 0 Å². The second kappa shape index (κ2) is 6.90. The minimum atomic E-state index is 0.544. The fraction of sp³-hybridized carbons (Fsp3) is 0.786. The fourth-order valence-electron chi connectivity index (χ4n) is 2.65. The molecule has 2 N–H and O–H groups in total. The highest BCUT2D eigenvalue weighted by atomic mass is 15.3. The van der Waals surface area contributed by atoms with Crippen molar-refractivity contribution in [2.45, 2.75) is 57.7 Å². The number of nitrogens with one attached hydrogen (secondary N) is 2. The summed E-state index contributed by atoms with van der Waals surface area (Å²) in [5, 5.41) is 11.6. The highest BCUT2D eigenvalue weighted by Crippen LogP contribution is 2.12. The van der Waals surface area contributed by atoms with Gasteiger partial charge in [0.2, 0.25) is 0 Å². The molecular weight excluding hydrogens is 224 g/mol. The molecule has 4 heteroatoms. The van der Waals surface area contributed by atoms with Gasteiger partial charge in [-0.1, -0.05) is 12.8 Å². The van der Waals surface area contributed by atoms with Crippen molar-refractivity contribution >= 4 is 0 Å². The molecule has 0 saturated carbocycles. The van der Waals surface area contributed by atoms with Crippen LogP contribution >= 0.6 is 0 Å². The molecule has 1 aromatic heterocycles. The Morgan fingerprint density at radius 1 is 1.50 bits per heavy atom. The minimum absolute atomic E-state index is 0.544. The predicted octanol–water partition coefficient (Wildman–Crippen LogP) is 1.82.